The van der Waals surface area contributed by atoms with Crippen molar-refractivity contribution >= 4 is 49.9 Å². The molecule has 7 heteroatoms. The van der Waals surface area contributed by atoms with E-state index >= 15 is 0 Å². The molecule has 0 spiro atoms. The topological polar surface area (TPSA) is 47.8 Å². The molecule has 2 aromatic heterocycles. The van der Waals surface area contributed by atoms with Gasteiger partial charge in [-0.3, -0.25) is 9.36 Å². The minimum absolute atomic E-state index is 0.00533. The minimum atomic E-state index is 0.00533. The fraction of sp³-hybridized carbons (Fsp3) is 0.267. The lowest BCUT2D eigenvalue weighted by Crippen LogP contribution is -2.22. The molecule has 0 atom stereocenters. The first-order chi connectivity index (χ1) is 10.6. The number of fused-ring (bicyclic) bond motifs is 1. The second-order valence-corrected chi connectivity index (χ2v) is 7.67. The third kappa shape index (κ3) is 3.11. The fourth-order valence-corrected chi connectivity index (χ4v) is 4.21. The fourth-order valence-electron chi connectivity index (χ4n) is 2.17. The van der Waals surface area contributed by atoms with Crippen LogP contribution in [0.2, 0.25) is 0 Å². The molecule has 0 radical (unpaired) electrons. The monoisotopic (exact) mass is 395 g/mol. The van der Waals surface area contributed by atoms with Gasteiger partial charge < -0.3 is 0 Å². The number of hydrogen-bond acceptors (Lipinski definition) is 5. The molecule has 0 N–H and O–H groups in total. The minimum Gasteiger partial charge on any atom is -0.287 e. The molecule has 1 aromatic carbocycles. The van der Waals surface area contributed by atoms with Gasteiger partial charge in [-0.05, 0) is 32.0 Å². The summed E-state index contributed by atoms with van der Waals surface area (Å²) in [5, 5.41) is 4.49. The van der Waals surface area contributed by atoms with Crippen molar-refractivity contribution in [3.8, 4) is 0 Å². The van der Waals surface area contributed by atoms with Crippen molar-refractivity contribution in [3.63, 3.8) is 0 Å². The van der Waals surface area contributed by atoms with Crippen LogP contribution in [0.5, 0.6) is 0 Å². The van der Waals surface area contributed by atoms with Crippen LogP contribution in [0, 0.1) is 6.92 Å². The van der Waals surface area contributed by atoms with E-state index in [1.54, 1.807) is 27.7 Å². The van der Waals surface area contributed by atoms with E-state index in [9.17, 15) is 4.79 Å². The van der Waals surface area contributed by atoms with E-state index in [0.29, 0.717) is 11.9 Å². The maximum atomic E-state index is 12.6. The summed E-state index contributed by atoms with van der Waals surface area (Å²) >= 11 is 6.60. The molecule has 3 aromatic rings. The highest BCUT2D eigenvalue weighted by Crippen LogP contribution is 2.24. The Kier molecular flexibility index (Phi) is 4.65. The quantitative estimate of drug-likeness (QED) is 0.489. The predicted octanol–water partition coefficient (Wildman–Crippen LogP) is 4.24. The van der Waals surface area contributed by atoms with Crippen molar-refractivity contribution in [3.05, 3.63) is 49.1 Å². The van der Waals surface area contributed by atoms with E-state index in [0.717, 1.165) is 31.6 Å². The zero-order valence-electron chi connectivity index (χ0n) is 12.2. The van der Waals surface area contributed by atoms with Crippen LogP contribution in [0.1, 0.15) is 17.6 Å². The lowest BCUT2D eigenvalue weighted by Gasteiger charge is -2.10. The van der Waals surface area contributed by atoms with Crippen LogP contribution in [0.4, 0.5) is 0 Å². The molecule has 0 bridgehead atoms. The maximum absolute atomic E-state index is 12.6. The van der Waals surface area contributed by atoms with Gasteiger partial charge in [0.2, 0.25) is 0 Å². The molecule has 0 unspecified atom stereocenters. The van der Waals surface area contributed by atoms with Gasteiger partial charge in [0.1, 0.15) is 0 Å². The van der Waals surface area contributed by atoms with Crippen LogP contribution < -0.4 is 5.56 Å². The summed E-state index contributed by atoms with van der Waals surface area (Å²) in [7, 11) is 0. The number of aromatic nitrogens is 3. The predicted molar refractivity (Wildman–Crippen MR) is 95.8 cm³/mol. The van der Waals surface area contributed by atoms with Gasteiger partial charge in [0.15, 0.2) is 5.16 Å². The lowest BCUT2D eigenvalue weighted by atomic mass is 10.2. The molecule has 114 valence electrons. The Bertz CT molecular complexity index is 888. The Morgan fingerprint density at radius 2 is 2.18 bits per heavy atom. The van der Waals surface area contributed by atoms with Gasteiger partial charge in [0.25, 0.3) is 5.56 Å². The maximum Gasteiger partial charge on any atom is 0.262 e. The molecule has 0 fully saturated rings. The van der Waals surface area contributed by atoms with Crippen LogP contribution in [-0.4, -0.2) is 14.5 Å². The zero-order chi connectivity index (χ0) is 15.7. The van der Waals surface area contributed by atoms with E-state index in [1.807, 2.05) is 32.0 Å². The van der Waals surface area contributed by atoms with Crippen molar-refractivity contribution in [2.45, 2.75) is 31.3 Å². The van der Waals surface area contributed by atoms with Crippen LogP contribution >= 0.6 is 39.0 Å². The third-order valence-electron chi connectivity index (χ3n) is 3.21. The highest BCUT2D eigenvalue weighted by Gasteiger charge is 2.11. The second-order valence-electron chi connectivity index (χ2n) is 4.75. The molecule has 0 saturated heterocycles. The summed E-state index contributed by atoms with van der Waals surface area (Å²) in [6.45, 7) is 4.56. The second kappa shape index (κ2) is 6.52. The molecular weight excluding hydrogens is 382 g/mol. The number of nitrogens with zero attached hydrogens (tertiary/aromatic N) is 3. The van der Waals surface area contributed by atoms with E-state index in [-0.39, 0.29) is 5.56 Å². The van der Waals surface area contributed by atoms with E-state index in [1.165, 1.54) is 0 Å². The number of aryl methyl sites for hydroxylation is 1. The third-order valence-corrected chi connectivity index (χ3v) is 5.54. The van der Waals surface area contributed by atoms with Gasteiger partial charge >= 0.3 is 0 Å². The van der Waals surface area contributed by atoms with Crippen LogP contribution in [0.25, 0.3) is 10.9 Å². The standard InChI is InChI=1S/C15H14BrN3OS2/c1-3-19-14(20)12-6-10(16)4-5-13(12)18-15(19)22-8-11-7-21-9(2)17-11/h4-7H,3,8H2,1-2H3. The molecule has 0 saturated carbocycles. The van der Waals surface area contributed by atoms with Crippen molar-refractivity contribution in [2.24, 2.45) is 0 Å². The zero-order valence-corrected chi connectivity index (χ0v) is 15.4. The summed E-state index contributed by atoms with van der Waals surface area (Å²) in [6.07, 6.45) is 0. The molecule has 22 heavy (non-hydrogen) atoms. The molecule has 0 aliphatic heterocycles. The van der Waals surface area contributed by atoms with Crippen LogP contribution in [0.3, 0.4) is 0 Å². The molecule has 0 aliphatic rings. The van der Waals surface area contributed by atoms with Gasteiger partial charge in [-0.25, -0.2) is 9.97 Å². The number of thioether (sulfide) groups is 1. The summed E-state index contributed by atoms with van der Waals surface area (Å²) in [5.74, 6) is 0.721. The molecule has 0 amide bonds. The van der Waals surface area contributed by atoms with Crippen molar-refractivity contribution in [1.82, 2.24) is 14.5 Å². The highest BCUT2D eigenvalue weighted by molar-refractivity contribution is 9.10. The van der Waals surface area contributed by atoms with Gasteiger partial charge in [-0.2, -0.15) is 0 Å². The molecule has 2 heterocycles. The smallest absolute Gasteiger partial charge is 0.262 e. The Morgan fingerprint density at radius 1 is 1.36 bits per heavy atom. The SMILES string of the molecule is CCn1c(SCc2csc(C)n2)nc2ccc(Br)cc2c1=O. The first-order valence-corrected chi connectivity index (χ1v) is 9.48. The number of hydrogen-bond donors (Lipinski definition) is 0. The van der Waals surface area contributed by atoms with Crippen molar-refractivity contribution < 1.29 is 0 Å². The first-order valence-electron chi connectivity index (χ1n) is 6.82. The average molecular weight is 396 g/mol. The van der Waals surface area contributed by atoms with Crippen LogP contribution in [-0.2, 0) is 12.3 Å². The lowest BCUT2D eigenvalue weighted by molar-refractivity contribution is 0.634. The first kappa shape index (κ1) is 15.7. The van der Waals surface area contributed by atoms with Gasteiger partial charge in [-0.1, -0.05) is 27.7 Å². The molecule has 4 nitrogen and oxygen atoms in total. The molecule has 0 aliphatic carbocycles. The molecular formula is C15H14BrN3OS2. The Morgan fingerprint density at radius 3 is 2.86 bits per heavy atom. The van der Waals surface area contributed by atoms with Gasteiger partial charge in [-0.15, -0.1) is 11.3 Å². The average Bonchev–Trinajstić information content (AvgIpc) is 2.91. The number of rotatable bonds is 4. The number of benzene rings is 1. The largest absolute Gasteiger partial charge is 0.287 e. The van der Waals surface area contributed by atoms with Crippen molar-refractivity contribution in [1.29, 1.82) is 0 Å². The highest BCUT2D eigenvalue weighted by atomic mass is 79.9. The Labute approximate surface area is 144 Å². The summed E-state index contributed by atoms with van der Waals surface area (Å²) in [5.41, 5.74) is 1.76. The van der Waals surface area contributed by atoms with E-state index in [4.69, 9.17) is 0 Å². The van der Waals surface area contributed by atoms with Gasteiger partial charge in [0, 0.05) is 22.2 Å². The van der Waals surface area contributed by atoms with E-state index in [2.05, 4.69) is 31.3 Å². The molecule has 3 rings (SSSR count). The number of thiazole rings is 1. The number of halogens is 1. The summed E-state index contributed by atoms with van der Waals surface area (Å²) < 4.78 is 2.61. The normalized spacial score (nSPS) is 11.2. The summed E-state index contributed by atoms with van der Waals surface area (Å²) in [6, 6.07) is 5.61. The summed E-state index contributed by atoms with van der Waals surface area (Å²) in [4.78, 5) is 21.7. The van der Waals surface area contributed by atoms with Gasteiger partial charge in [0.05, 0.1) is 21.6 Å². The van der Waals surface area contributed by atoms with E-state index < -0.39 is 0 Å². The van der Waals surface area contributed by atoms with Crippen LogP contribution in [0.15, 0.2) is 38.0 Å². The Hall–Kier alpha value is -1.18. The van der Waals surface area contributed by atoms with Crippen molar-refractivity contribution in [2.75, 3.05) is 0 Å². The Balaban J connectivity index is 2.01.